The molecule has 11 heteroatoms. The molecule has 0 aliphatic rings. The summed E-state index contributed by atoms with van der Waals surface area (Å²) >= 11 is 2.73. The number of nitrogens with one attached hydrogen (secondary N) is 1. The van der Waals surface area contributed by atoms with E-state index in [1.165, 1.54) is 48.0 Å². The van der Waals surface area contributed by atoms with E-state index in [1.807, 2.05) is 12.3 Å². The molecule has 2 aromatic heterocycles. The molecule has 3 rings (SSSR count). The van der Waals surface area contributed by atoms with Gasteiger partial charge in [-0.15, -0.1) is 11.3 Å². The Morgan fingerprint density at radius 3 is 2.64 bits per heavy atom. The Morgan fingerprint density at radius 1 is 1.28 bits per heavy atom. The lowest BCUT2D eigenvalue weighted by Gasteiger charge is -2.10. The van der Waals surface area contributed by atoms with Crippen molar-refractivity contribution in [1.29, 1.82) is 0 Å². The van der Waals surface area contributed by atoms with Crippen LogP contribution in [0.3, 0.4) is 0 Å². The number of methoxy groups -OCH3 is 1. The molecule has 1 aromatic carbocycles. The van der Waals surface area contributed by atoms with Gasteiger partial charge in [-0.05, 0) is 25.1 Å². The Labute approximate surface area is 152 Å². The molecule has 0 saturated carbocycles. The van der Waals surface area contributed by atoms with Crippen molar-refractivity contribution < 1.29 is 13.2 Å². The van der Waals surface area contributed by atoms with Gasteiger partial charge in [-0.25, -0.2) is 23.5 Å². The number of anilines is 3. The van der Waals surface area contributed by atoms with Crippen LogP contribution < -0.4 is 20.9 Å². The average molecular weight is 398 g/mol. The highest BCUT2D eigenvalue weighted by molar-refractivity contribution is 7.89. The SMILES string of the molecule is COc1ccc(S(N)(=O)=O)cc1Nc1nc(-c2sc(N)nc2C)cs1. The second kappa shape index (κ2) is 6.59. The first kappa shape index (κ1) is 17.6. The van der Waals surface area contributed by atoms with Crippen molar-refractivity contribution in [2.24, 2.45) is 5.14 Å². The zero-order valence-electron chi connectivity index (χ0n) is 13.3. The molecule has 0 aliphatic carbocycles. The summed E-state index contributed by atoms with van der Waals surface area (Å²) in [6, 6.07) is 4.33. The van der Waals surface area contributed by atoms with Gasteiger partial charge in [0.1, 0.15) is 5.75 Å². The molecule has 25 heavy (non-hydrogen) atoms. The summed E-state index contributed by atoms with van der Waals surface area (Å²) in [4.78, 5) is 9.57. The number of hydrogen-bond donors (Lipinski definition) is 3. The zero-order valence-corrected chi connectivity index (χ0v) is 15.8. The minimum atomic E-state index is -3.82. The first-order valence-corrected chi connectivity index (χ1v) is 10.2. The normalized spacial score (nSPS) is 11.5. The van der Waals surface area contributed by atoms with Crippen LogP contribution in [0.5, 0.6) is 5.75 Å². The number of aromatic nitrogens is 2. The fraction of sp³-hybridized carbons (Fsp3) is 0.143. The molecule has 0 fully saturated rings. The van der Waals surface area contributed by atoms with Gasteiger partial charge in [0, 0.05) is 5.38 Å². The Balaban J connectivity index is 1.94. The second-order valence-corrected chi connectivity index (χ2v) is 8.49. The van der Waals surface area contributed by atoms with Crippen LogP contribution in [0.25, 0.3) is 10.6 Å². The van der Waals surface area contributed by atoms with Crippen molar-refractivity contribution in [3.8, 4) is 16.3 Å². The highest BCUT2D eigenvalue weighted by Crippen LogP contribution is 2.36. The molecule has 8 nitrogen and oxygen atoms in total. The molecule has 0 radical (unpaired) electrons. The van der Waals surface area contributed by atoms with Crippen molar-refractivity contribution in [1.82, 2.24) is 9.97 Å². The van der Waals surface area contributed by atoms with Crippen LogP contribution in [0.2, 0.25) is 0 Å². The first-order valence-electron chi connectivity index (χ1n) is 6.94. The van der Waals surface area contributed by atoms with Crippen LogP contribution >= 0.6 is 22.7 Å². The molecule has 0 bridgehead atoms. The van der Waals surface area contributed by atoms with Crippen LogP contribution in [0.4, 0.5) is 16.0 Å². The Morgan fingerprint density at radius 2 is 2.04 bits per heavy atom. The topological polar surface area (TPSA) is 133 Å². The molecule has 0 saturated heterocycles. The van der Waals surface area contributed by atoms with Crippen LogP contribution in [0, 0.1) is 6.92 Å². The maximum absolute atomic E-state index is 11.5. The number of benzene rings is 1. The molecule has 2 heterocycles. The number of hydrogen-bond acceptors (Lipinski definition) is 9. The van der Waals surface area contributed by atoms with Crippen molar-refractivity contribution in [3.05, 3.63) is 29.3 Å². The van der Waals surface area contributed by atoms with Crippen molar-refractivity contribution >= 4 is 48.6 Å². The van der Waals surface area contributed by atoms with E-state index in [1.54, 1.807) is 0 Å². The lowest BCUT2D eigenvalue weighted by atomic mass is 10.3. The highest BCUT2D eigenvalue weighted by atomic mass is 32.2. The van der Waals surface area contributed by atoms with Gasteiger partial charge in [0.15, 0.2) is 10.3 Å². The van der Waals surface area contributed by atoms with Crippen LogP contribution in [-0.2, 0) is 10.0 Å². The Bertz CT molecular complexity index is 1030. The fourth-order valence-electron chi connectivity index (χ4n) is 2.17. The number of aryl methyl sites for hydroxylation is 1. The molecular formula is C14H15N5O3S3. The Kier molecular flexibility index (Phi) is 4.64. The van der Waals surface area contributed by atoms with Crippen molar-refractivity contribution in [2.75, 3.05) is 18.2 Å². The van der Waals surface area contributed by atoms with E-state index in [-0.39, 0.29) is 4.90 Å². The van der Waals surface area contributed by atoms with Gasteiger partial charge in [0.05, 0.1) is 34.0 Å². The summed E-state index contributed by atoms with van der Waals surface area (Å²) in [6.07, 6.45) is 0. The summed E-state index contributed by atoms with van der Waals surface area (Å²) in [5.41, 5.74) is 7.74. The molecule has 3 aromatic rings. The van der Waals surface area contributed by atoms with Gasteiger partial charge in [0.25, 0.3) is 0 Å². The number of nitrogens with two attached hydrogens (primary N) is 2. The van der Waals surface area contributed by atoms with Crippen molar-refractivity contribution in [3.63, 3.8) is 0 Å². The number of nitrogen functional groups attached to an aromatic ring is 1. The quantitative estimate of drug-likeness (QED) is 0.602. The third kappa shape index (κ3) is 3.74. The monoisotopic (exact) mass is 397 g/mol. The second-order valence-electron chi connectivity index (χ2n) is 5.04. The predicted octanol–water partition coefficient (Wildman–Crippen LogP) is 2.56. The number of ether oxygens (including phenoxy) is 1. The number of sulfonamides is 1. The van der Waals surface area contributed by atoms with E-state index >= 15 is 0 Å². The van der Waals surface area contributed by atoms with E-state index in [0.717, 1.165) is 16.3 Å². The van der Waals surface area contributed by atoms with Gasteiger partial charge in [-0.2, -0.15) is 0 Å². The molecule has 5 N–H and O–H groups in total. The van der Waals surface area contributed by atoms with Gasteiger partial charge in [0.2, 0.25) is 10.0 Å². The lowest BCUT2D eigenvalue weighted by molar-refractivity contribution is 0.416. The number of thiazole rings is 2. The molecule has 0 atom stereocenters. The third-order valence-corrected chi connectivity index (χ3v) is 5.97. The van der Waals surface area contributed by atoms with E-state index < -0.39 is 10.0 Å². The van der Waals surface area contributed by atoms with E-state index in [9.17, 15) is 8.42 Å². The number of nitrogens with zero attached hydrogens (tertiary/aromatic N) is 2. The van der Waals surface area contributed by atoms with Gasteiger partial charge < -0.3 is 15.8 Å². The molecule has 0 spiro atoms. The standard InChI is InChI=1S/C14H15N5O3S3/c1-7-12(24-13(15)17-7)10-6-23-14(19-10)18-9-5-8(25(16,20)21)3-4-11(9)22-2/h3-6H,1-2H3,(H2,15,17)(H,18,19)(H2,16,20,21). The minimum absolute atomic E-state index is 0.0151. The molecule has 132 valence electrons. The maximum Gasteiger partial charge on any atom is 0.238 e. The van der Waals surface area contributed by atoms with E-state index in [2.05, 4.69) is 15.3 Å². The zero-order chi connectivity index (χ0) is 18.2. The molecular weight excluding hydrogens is 382 g/mol. The summed E-state index contributed by atoms with van der Waals surface area (Å²) in [6.45, 7) is 1.87. The van der Waals surface area contributed by atoms with Crippen molar-refractivity contribution in [2.45, 2.75) is 11.8 Å². The summed E-state index contributed by atoms with van der Waals surface area (Å²) < 4.78 is 28.3. The summed E-state index contributed by atoms with van der Waals surface area (Å²) in [5.74, 6) is 0.474. The maximum atomic E-state index is 11.5. The van der Waals surface area contributed by atoms with E-state index in [4.69, 9.17) is 15.6 Å². The number of rotatable bonds is 5. The molecule has 0 amide bonds. The highest BCUT2D eigenvalue weighted by Gasteiger charge is 2.15. The molecule has 0 aliphatic heterocycles. The fourth-order valence-corrected chi connectivity index (χ4v) is 4.29. The minimum Gasteiger partial charge on any atom is -0.495 e. The van der Waals surface area contributed by atoms with Crippen LogP contribution in [-0.4, -0.2) is 25.5 Å². The first-order chi connectivity index (χ1) is 11.8. The van der Waals surface area contributed by atoms with Gasteiger partial charge in [-0.1, -0.05) is 11.3 Å². The van der Waals surface area contributed by atoms with Crippen LogP contribution in [0.15, 0.2) is 28.5 Å². The number of primary sulfonamides is 1. The lowest BCUT2D eigenvalue weighted by Crippen LogP contribution is -2.12. The van der Waals surface area contributed by atoms with Gasteiger partial charge in [-0.3, -0.25) is 0 Å². The predicted molar refractivity (Wildman–Crippen MR) is 100 cm³/mol. The summed E-state index contributed by atoms with van der Waals surface area (Å²) in [7, 11) is -2.32. The third-order valence-electron chi connectivity index (χ3n) is 3.29. The average Bonchev–Trinajstić information content (AvgIpc) is 3.12. The largest absolute Gasteiger partial charge is 0.495 e. The Hall–Kier alpha value is -2.21. The molecule has 0 unspecified atom stereocenters. The summed E-state index contributed by atoms with van der Waals surface area (Å²) in [5, 5.41) is 11.2. The van der Waals surface area contributed by atoms with Crippen LogP contribution in [0.1, 0.15) is 5.69 Å². The van der Waals surface area contributed by atoms with Gasteiger partial charge >= 0.3 is 0 Å². The van der Waals surface area contributed by atoms with E-state index in [0.29, 0.717) is 21.7 Å². The smallest absolute Gasteiger partial charge is 0.238 e.